The standard InChI is InChI=1S/C31H27BN2/c1-22-11-9-14-24(21-22)34-28-18-8-6-16-26(28)32-25-15-5-7-17-27(25)33(23-12-3-2-4-13-23)29-19-10-20-30(34)31(29)32/h2-20,22,26,28H,21H2,1H3. The van der Waals surface area contributed by atoms with Gasteiger partial charge in [-0.2, -0.15) is 0 Å². The van der Waals surface area contributed by atoms with Gasteiger partial charge in [-0.25, -0.2) is 0 Å². The summed E-state index contributed by atoms with van der Waals surface area (Å²) in [7, 11) is 0. The molecular weight excluding hydrogens is 411 g/mol. The van der Waals surface area contributed by atoms with E-state index in [0.717, 1.165) is 6.42 Å². The third-order valence-corrected chi connectivity index (χ3v) is 7.80. The smallest absolute Gasteiger partial charge is 0.226 e. The summed E-state index contributed by atoms with van der Waals surface area (Å²) in [5, 5.41) is 0. The first-order valence-corrected chi connectivity index (χ1v) is 12.4. The van der Waals surface area contributed by atoms with E-state index in [-0.39, 0.29) is 0 Å². The topological polar surface area (TPSA) is 6.48 Å². The summed E-state index contributed by atoms with van der Waals surface area (Å²) < 4.78 is 0. The fourth-order valence-corrected chi connectivity index (χ4v) is 6.45. The zero-order chi connectivity index (χ0) is 22.6. The largest absolute Gasteiger partial charge is 0.339 e. The highest BCUT2D eigenvalue weighted by atomic mass is 15.2. The second kappa shape index (κ2) is 7.67. The molecule has 3 aromatic rings. The summed E-state index contributed by atoms with van der Waals surface area (Å²) in [5.74, 6) is 0.945. The van der Waals surface area contributed by atoms with Gasteiger partial charge in [0.25, 0.3) is 0 Å². The molecule has 0 radical (unpaired) electrons. The number of rotatable bonds is 2. The van der Waals surface area contributed by atoms with Crippen LogP contribution in [0.5, 0.6) is 0 Å². The number of benzene rings is 3. The summed E-state index contributed by atoms with van der Waals surface area (Å²) in [6.07, 6.45) is 17.3. The predicted octanol–water partition coefficient (Wildman–Crippen LogP) is 6.24. The lowest BCUT2D eigenvalue weighted by molar-refractivity contribution is 0.642. The van der Waals surface area contributed by atoms with Crippen molar-refractivity contribution >= 4 is 40.4 Å². The summed E-state index contributed by atoms with van der Waals surface area (Å²) >= 11 is 0. The minimum atomic E-state index is 0.319. The highest BCUT2D eigenvalue weighted by Crippen LogP contribution is 2.46. The van der Waals surface area contributed by atoms with Gasteiger partial charge in [-0.05, 0) is 65.5 Å². The van der Waals surface area contributed by atoms with Crippen molar-refractivity contribution < 1.29 is 0 Å². The maximum atomic E-state index is 2.64. The number of hydrogen-bond acceptors (Lipinski definition) is 2. The van der Waals surface area contributed by atoms with E-state index in [9.17, 15) is 0 Å². The van der Waals surface area contributed by atoms with E-state index < -0.39 is 0 Å². The van der Waals surface area contributed by atoms with Crippen LogP contribution in [-0.4, -0.2) is 12.8 Å². The van der Waals surface area contributed by atoms with Crippen LogP contribution in [0.4, 0.5) is 22.7 Å². The molecule has 0 saturated heterocycles. The maximum absolute atomic E-state index is 2.64. The van der Waals surface area contributed by atoms with Crippen molar-refractivity contribution in [1.29, 1.82) is 0 Å². The van der Waals surface area contributed by atoms with Gasteiger partial charge in [0.1, 0.15) is 0 Å². The molecule has 0 fully saturated rings. The molecule has 0 aromatic heterocycles. The molecule has 164 valence electrons. The number of para-hydroxylation sites is 2. The fourth-order valence-electron chi connectivity index (χ4n) is 6.45. The SMILES string of the molecule is CC1C=CC=C(N2c3cccc4c3B(c3ccccc3N4c3ccccc3)C3C=CC=CC32)C1. The number of hydrogen-bond donors (Lipinski definition) is 0. The Morgan fingerprint density at radius 3 is 2.38 bits per heavy atom. The average molecular weight is 438 g/mol. The highest BCUT2D eigenvalue weighted by Gasteiger charge is 2.48. The summed E-state index contributed by atoms with van der Waals surface area (Å²) in [6, 6.07) is 27.0. The van der Waals surface area contributed by atoms with Crippen molar-refractivity contribution in [2.45, 2.75) is 25.2 Å². The third-order valence-electron chi connectivity index (χ3n) is 7.80. The van der Waals surface area contributed by atoms with Crippen molar-refractivity contribution in [1.82, 2.24) is 0 Å². The van der Waals surface area contributed by atoms with Crippen LogP contribution in [0.2, 0.25) is 5.82 Å². The molecule has 0 N–H and O–H groups in total. The van der Waals surface area contributed by atoms with Gasteiger partial charge in [0, 0.05) is 28.4 Å². The van der Waals surface area contributed by atoms with E-state index in [4.69, 9.17) is 0 Å². The second-order valence-corrected chi connectivity index (χ2v) is 9.85. The lowest BCUT2D eigenvalue weighted by Gasteiger charge is -2.50. The molecule has 3 atom stereocenters. The van der Waals surface area contributed by atoms with Crippen molar-refractivity contribution in [3.63, 3.8) is 0 Å². The normalized spacial score (nSPS) is 23.9. The van der Waals surface area contributed by atoms with Crippen molar-refractivity contribution in [3.8, 4) is 0 Å². The maximum Gasteiger partial charge on any atom is 0.226 e. The molecule has 7 rings (SSSR count). The first kappa shape index (κ1) is 19.7. The first-order valence-electron chi connectivity index (χ1n) is 12.4. The van der Waals surface area contributed by atoms with Crippen LogP contribution in [-0.2, 0) is 0 Å². The number of anilines is 4. The van der Waals surface area contributed by atoms with E-state index in [1.54, 1.807) is 0 Å². The van der Waals surface area contributed by atoms with E-state index >= 15 is 0 Å². The molecule has 3 unspecified atom stereocenters. The molecule has 3 heteroatoms. The molecule has 0 saturated carbocycles. The van der Waals surface area contributed by atoms with Gasteiger partial charge in [-0.15, -0.1) is 0 Å². The van der Waals surface area contributed by atoms with E-state index in [0.29, 0.717) is 24.5 Å². The van der Waals surface area contributed by atoms with Crippen LogP contribution in [0.1, 0.15) is 13.3 Å². The van der Waals surface area contributed by atoms with Crippen molar-refractivity contribution in [3.05, 3.63) is 121 Å². The second-order valence-electron chi connectivity index (χ2n) is 9.85. The van der Waals surface area contributed by atoms with Crippen LogP contribution in [0.25, 0.3) is 0 Å². The molecule has 34 heavy (non-hydrogen) atoms. The van der Waals surface area contributed by atoms with Crippen LogP contribution in [0.3, 0.4) is 0 Å². The van der Waals surface area contributed by atoms with Crippen LogP contribution >= 0.6 is 0 Å². The summed E-state index contributed by atoms with van der Waals surface area (Å²) in [4.78, 5) is 5.10. The molecule has 0 amide bonds. The Morgan fingerprint density at radius 1 is 0.735 bits per heavy atom. The average Bonchev–Trinajstić information content (AvgIpc) is 2.89. The molecule has 2 aliphatic carbocycles. The summed E-state index contributed by atoms with van der Waals surface area (Å²) in [5.41, 5.74) is 9.46. The number of fused-ring (bicyclic) bond motifs is 4. The molecule has 2 heterocycles. The molecule has 0 spiro atoms. The van der Waals surface area contributed by atoms with E-state index in [1.165, 1.54) is 39.4 Å². The first-order chi connectivity index (χ1) is 16.8. The predicted molar refractivity (Wildman–Crippen MR) is 145 cm³/mol. The Kier molecular flexibility index (Phi) is 4.45. The summed E-state index contributed by atoms with van der Waals surface area (Å²) in [6.45, 7) is 2.65. The zero-order valence-corrected chi connectivity index (χ0v) is 19.4. The molecule has 2 nitrogen and oxygen atoms in total. The Hall–Kier alpha value is -3.72. The van der Waals surface area contributed by atoms with Gasteiger partial charge >= 0.3 is 0 Å². The Balaban J connectivity index is 1.52. The van der Waals surface area contributed by atoms with Gasteiger partial charge in [-0.1, -0.05) is 85.8 Å². The number of nitrogens with zero attached hydrogens (tertiary/aromatic N) is 2. The minimum absolute atomic E-state index is 0.319. The Bertz CT molecular complexity index is 1380. The van der Waals surface area contributed by atoms with Crippen LogP contribution in [0, 0.1) is 5.92 Å². The molecular formula is C31H27BN2. The van der Waals surface area contributed by atoms with E-state index in [2.05, 4.69) is 132 Å². The van der Waals surface area contributed by atoms with Crippen LogP contribution < -0.4 is 20.7 Å². The Morgan fingerprint density at radius 2 is 1.50 bits per heavy atom. The highest BCUT2D eigenvalue weighted by molar-refractivity contribution is 6.91. The van der Waals surface area contributed by atoms with Gasteiger partial charge in [0.05, 0.1) is 6.04 Å². The van der Waals surface area contributed by atoms with Gasteiger partial charge < -0.3 is 9.80 Å². The fraction of sp³-hybridized carbons (Fsp3) is 0.161. The minimum Gasteiger partial charge on any atom is -0.339 e. The van der Waals surface area contributed by atoms with Gasteiger partial charge in [-0.3, -0.25) is 0 Å². The van der Waals surface area contributed by atoms with Crippen LogP contribution in [0.15, 0.2) is 121 Å². The van der Waals surface area contributed by atoms with Crippen molar-refractivity contribution in [2.75, 3.05) is 9.80 Å². The van der Waals surface area contributed by atoms with E-state index in [1.807, 2.05) is 0 Å². The lowest BCUT2D eigenvalue weighted by atomic mass is 9.29. The Labute approximate surface area is 202 Å². The molecule has 3 aromatic carbocycles. The molecule has 4 aliphatic rings. The third kappa shape index (κ3) is 2.83. The van der Waals surface area contributed by atoms with Crippen molar-refractivity contribution in [2.24, 2.45) is 5.92 Å². The number of allylic oxidation sites excluding steroid dienone is 6. The quantitative estimate of drug-likeness (QED) is 0.437. The lowest BCUT2D eigenvalue weighted by Crippen LogP contribution is -2.62. The van der Waals surface area contributed by atoms with Gasteiger partial charge in [0.15, 0.2) is 0 Å². The zero-order valence-electron chi connectivity index (χ0n) is 19.4. The molecule has 0 bridgehead atoms. The molecule has 2 aliphatic heterocycles. The monoisotopic (exact) mass is 438 g/mol. The van der Waals surface area contributed by atoms with Gasteiger partial charge in [0.2, 0.25) is 6.71 Å².